The number of carbonyl (C=O) groups is 1. The normalized spacial score (nSPS) is 14.4. The topological polar surface area (TPSA) is 75.4 Å². The van der Waals surface area contributed by atoms with Gasteiger partial charge in [0.05, 0.1) is 12.0 Å². The van der Waals surface area contributed by atoms with Gasteiger partial charge in [0.15, 0.2) is 11.0 Å². The number of amides is 1. The highest BCUT2D eigenvalue weighted by Gasteiger charge is 2.24. The first-order chi connectivity index (χ1) is 16.5. The molecule has 3 aromatic rings. The van der Waals surface area contributed by atoms with Gasteiger partial charge in [-0.15, -0.1) is 10.2 Å². The van der Waals surface area contributed by atoms with E-state index in [1.165, 1.54) is 31.0 Å². The van der Waals surface area contributed by atoms with Gasteiger partial charge in [0.2, 0.25) is 0 Å². The fourth-order valence-electron chi connectivity index (χ4n) is 4.04. The number of nitrogens with zero attached hydrogens (tertiary/aromatic N) is 5. The van der Waals surface area contributed by atoms with Gasteiger partial charge < -0.3 is 4.90 Å². The summed E-state index contributed by atoms with van der Waals surface area (Å²) in [7, 11) is 3.99. The molecule has 1 aliphatic carbocycles. The zero-order chi connectivity index (χ0) is 23.9. The summed E-state index contributed by atoms with van der Waals surface area (Å²) < 4.78 is 2.20. The summed E-state index contributed by atoms with van der Waals surface area (Å²) in [6.45, 7) is 0. The quantitative estimate of drug-likeness (QED) is 0.256. The zero-order valence-electron chi connectivity index (χ0n) is 19.4. The van der Waals surface area contributed by atoms with Crippen molar-refractivity contribution < 1.29 is 4.79 Å². The van der Waals surface area contributed by atoms with E-state index in [4.69, 9.17) is 11.6 Å². The Morgan fingerprint density at radius 3 is 2.50 bits per heavy atom. The SMILES string of the molecule is CN(C)c1ccc(/C=N\NC(=O)CSc2nnc(-c3ccc(Cl)cc3)n2C2CCCCC2)cc1. The van der Waals surface area contributed by atoms with Crippen molar-refractivity contribution in [2.45, 2.75) is 43.3 Å². The Balaban J connectivity index is 1.41. The van der Waals surface area contributed by atoms with Crippen molar-refractivity contribution in [2.24, 2.45) is 5.10 Å². The second-order valence-electron chi connectivity index (χ2n) is 8.54. The summed E-state index contributed by atoms with van der Waals surface area (Å²) in [5, 5.41) is 14.4. The molecule has 178 valence electrons. The number of carbonyl (C=O) groups excluding carboxylic acids is 1. The molecule has 2 aromatic carbocycles. The van der Waals surface area contributed by atoms with Gasteiger partial charge in [0.1, 0.15) is 0 Å². The third-order valence-corrected chi connectivity index (χ3v) is 7.05. The molecule has 0 saturated heterocycles. The Bertz CT molecular complexity index is 1120. The maximum Gasteiger partial charge on any atom is 0.250 e. The molecule has 0 atom stereocenters. The lowest BCUT2D eigenvalue weighted by atomic mass is 9.95. The first kappa shape index (κ1) is 24.3. The maximum atomic E-state index is 12.4. The highest BCUT2D eigenvalue weighted by atomic mass is 35.5. The van der Waals surface area contributed by atoms with Crippen LogP contribution in [0.15, 0.2) is 58.8 Å². The molecule has 0 unspecified atom stereocenters. The van der Waals surface area contributed by atoms with E-state index in [1.807, 2.05) is 67.5 Å². The van der Waals surface area contributed by atoms with Gasteiger partial charge in [-0.3, -0.25) is 9.36 Å². The largest absolute Gasteiger partial charge is 0.378 e. The van der Waals surface area contributed by atoms with Gasteiger partial charge in [-0.1, -0.05) is 54.8 Å². The smallest absolute Gasteiger partial charge is 0.250 e. The lowest BCUT2D eigenvalue weighted by molar-refractivity contribution is -0.118. The number of halogens is 1. The molecule has 1 amide bonds. The average molecular weight is 497 g/mol. The van der Waals surface area contributed by atoms with Crippen molar-refractivity contribution in [1.82, 2.24) is 20.2 Å². The highest BCUT2D eigenvalue weighted by Crippen LogP contribution is 2.35. The van der Waals surface area contributed by atoms with E-state index >= 15 is 0 Å². The van der Waals surface area contributed by atoms with Crippen LogP contribution in [-0.2, 0) is 4.79 Å². The lowest BCUT2D eigenvalue weighted by Gasteiger charge is -2.25. The first-order valence-corrected chi connectivity index (χ1v) is 12.8. The number of aromatic nitrogens is 3. The van der Waals surface area contributed by atoms with Crippen LogP contribution in [0.3, 0.4) is 0 Å². The molecule has 9 heteroatoms. The predicted octanol–water partition coefficient (Wildman–Crippen LogP) is 5.41. The van der Waals surface area contributed by atoms with E-state index in [-0.39, 0.29) is 11.7 Å². The highest BCUT2D eigenvalue weighted by molar-refractivity contribution is 7.99. The Hall–Kier alpha value is -2.84. The van der Waals surface area contributed by atoms with Gasteiger partial charge >= 0.3 is 0 Å². The van der Waals surface area contributed by atoms with Gasteiger partial charge in [-0.05, 0) is 54.8 Å². The summed E-state index contributed by atoms with van der Waals surface area (Å²) >= 11 is 7.46. The number of nitrogens with one attached hydrogen (secondary N) is 1. The zero-order valence-corrected chi connectivity index (χ0v) is 21.0. The molecule has 1 N–H and O–H groups in total. The molecule has 1 aromatic heterocycles. The monoisotopic (exact) mass is 496 g/mol. The van der Waals surface area contributed by atoms with Crippen molar-refractivity contribution in [2.75, 3.05) is 24.7 Å². The van der Waals surface area contributed by atoms with Crippen LogP contribution < -0.4 is 10.3 Å². The predicted molar refractivity (Wildman–Crippen MR) is 140 cm³/mol. The van der Waals surface area contributed by atoms with E-state index in [0.717, 1.165) is 40.6 Å². The number of rotatable bonds is 8. The molecule has 0 spiro atoms. The van der Waals surface area contributed by atoms with Crippen molar-refractivity contribution in [3.8, 4) is 11.4 Å². The standard InChI is InChI=1S/C25H29ClN6OS/c1-31(2)21-14-8-18(9-15-21)16-27-28-23(33)17-34-25-30-29-24(19-10-12-20(26)13-11-19)32(25)22-6-4-3-5-7-22/h8-16,22H,3-7,17H2,1-2H3,(H,28,33)/b27-16-. The second kappa shape index (κ2) is 11.5. The molecular formula is C25H29ClN6OS. The van der Waals surface area contributed by atoms with Crippen LogP contribution in [0.2, 0.25) is 5.02 Å². The van der Waals surface area contributed by atoms with Gasteiger partial charge in [0, 0.05) is 36.4 Å². The molecule has 1 fully saturated rings. The summed E-state index contributed by atoms with van der Waals surface area (Å²) in [6, 6.07) is 15.9. The van der Waals surface area contributed by atoms with Gasteiger partial charge in [-0.25, -0.2) is 5.43 Å². The molecule has 0 aliphatic heterocycles. The van der Waals surface area contributed by atoms with Crippen LogP contribution in [0.1, 0.15) is 43.7 Å². The lowest BCUT2D eigenvalue weighted by Crippen LogP contribution is -2.20. The minimum atomic E-state index is -0.183. The molecule has 34 heavy (non-hydrogen) atoms. The van der Waals surface area contributed by atoms with Crippen LogP contribution in [-0.4, -0.2) is 46.7 Å². The van der Waals surface area contributed by atoms with Crippen LogP contribution >= 0.6 is 23.4 Å². The molecule has 4 rings (SSSR count). The summed E-state index contributed by atoms with van der Waals surface area (Å²) in [5.74, 6) is 0.852. The third kappa shape index (κ3) is 6.18. The number of benzene rings is 2. The molecule has 0 bridgehead atoms. The molecule has 0 radical (unpaired) electrons. The Kier molecular flexibility index (Phi) is 8.24. The number of anilines is 1. The Labute approximate surface area is 209 Å². The van der Waals surface area contributed by atoms with Crippen molar-refractivity contribution in [3.05, 3.63) is 59.1 Å². The summed E-state index contributed by atoms with van der Waals surface area (Å²) in [4.78, 5) is 14.5. The molecule has 1 heterocycles. The van der Waals surface area contributed by atoms with E-state index in [0.29, 0.717) is 11.1 Å². The fourth-order valence-corrected chi connectivity index (χ4v) is 4.96. The van der Waals surface area contributed by atoms with Crippen LogP contribution in [0, 0.1) is 0 Å². The minimum Gasteiger partial charge on any atom is -0.378 e. The number of hydrogen-bond acceptors (Lipinski definition) is 6. The van der Waals surface area contributed by atoms with E-state index in [9.17, 15) is 4.79 Å². The van der Waals surface area contributed by atoms with Crippen molar-refractivity contribution >= 4 is 41.2 Å². The average Bonchev–Trinajstić information content (AvgIpc) is 3.28. The Morgan fingerprint density at radius 2 is 1.82 bits per heavy atom. The van der Waals surface area contributed by atoms with Crippen molar-refractivity contribution in [1.29, 1.82) is 0 Å². The first-order valence-electron chi connectivity index (χ1n) is 11.4. The van der Waals surface area contributed by atoms with Crippen LogP contribution in [0.5, 0.6) is 0 Å². The molecule has 1 aliphatic rings. The maximum absolute atomic E-state index is 12.4. The molecule has 7 nitrogen and oxygen atoms in total. The fraction of sp³-hybridized carbons (Fsp3) is 0.360. The Morgan fingerprint density at radius 1 is 1.12 bits per heavy atom. The number of hydrazone groups is 1. The third-order valence-electron chi connectivity index (χ3n) is 5.85. The van der Waals surface area contributed by atoms with Gasteiger partial charge in [-0.2, -0.15) is 5.10 Å². The molecular weight excluding hydrogens is 468 g/mol. The van der Waals surface area contributed by atoms with Crippen molar-refractivity contribution in [3.63, 3.8) is 0 Å². The number of thioether (sulfide) groups is 1. The van der Waals surface area contributed by atoms with Gasteiger partial charge in [0.25, 0.3) is 5.91 Å². The second-order valence-corrected chi connectivity index (χ2v) is 9.92. The van der Waals surface area contributed by atoms with E-state index in [2.05, 4.69) is 25.3 Å². The molecule has 1 saturated carbocycles. The van der Waals surface area contributed by atoms with Crippen LogP contribution in [0.4, 0.5) is 5.69 Å². The summed E-state index contributed by atoms with van der Waals surface area (Å²) in [5.41, 5.74) is 5.61. The van der Waals surface area contributed by atoms with Crippen LogP contribution in [0.25, 0.3) is 11.4 Å². The summed E-state index contributed by atoms with van der Waals surface area (Å²) in [6.07, 6.45) is 7.47. The minimum absolute atomic E-state index is 0.183. The number of hydrogen-bond donors (Lipinski definition) is 1. The van der Waals surface area contributed by atoms with E-state index in [1.54, 1.807) is 6.21 Å². The van der Waals surface area contributed by atoms with E-state index < -0.39 is 0 Å².